The second-order valence-corrected chi connectivity index (χ2v) is 8.17. The van der Waals surface area contributed by atoms with Crippen LogP contribution in [0.15, 0.2) is 29.2 Å². The highest BCUT2D eigenvalue weighted by molar-refractivity contribution is 8.00. The van der Waals surface area contributed by atoms with Gasteiger partial charge in [0, 0.05) is 23.4 Å². The molecular formula is C13H22N2O3S2. The Kier molecular flexibility index (Phi) is 6.32. The molecule has 0 amide bonds. The predicted octanol–water partition coefficient (Wildman–Crippen LogP) is 1.71. The van der Waals surface area contributed by atoms with Gasteiger partial charge in [0.15, 0.2) is 0 Å². The molecule has 0 saturated carbocycles. The molecule has 0 aromatic heterocycles. The van der Waals surface area contributed by atoms with Crippen LogP contribution in [0.1, 0.15) is 13.8 Å². The van der Waals surface area contributed by atoms with Gasteiger partial charge in [-0.1, -0.05) is 0 Å². The average molecular weight is 318 g/mol. The Morgan fingerprint density at radius 3 is 2.45 bits per heavy atom. The van der Waals surface area contributed by atoms with Crippen molar-refractivity contribution in [3.05, 3.63) is 24.3 Å². The molecule has 0 saturated heterocycles. The van der Waals surface area contributed by atoms with Gasteiger partial charge in [0.05, 0.1) is 17.9 Å². The Morgan fingerprint density at radius 2 is 1.90 bits per heavy atom. The summed E-state index contributed by atoms with van der Waals surface area (Å²) in [5.41, 5.74) is 5.70. The summed E-state index contributed by atoms with van der Waals surface area (Å²) in [5, 5.41) is 0. The topological polar surface area (TPSA) is 81.4 Å². The van der Waals surface area contributed by atoms with E-state index >= 15 is 0 Å². The molecule has 5 nitrogen and oxygen atoms in total. The van der Waals surface area contributed by atoms with Crippen molar-refractivity contribution >= 4 is 27.5 Å². The molecule has 3 N–H and O–H groups in total. The third kappa shape index (κ3) is 6.60. The van der Waals surface area contributed by atoms with E-state index in [1.165, 1.54) is 11.8 Å². The molecule has 0 bridgehead atoms. The summed E-state index contributed by atoms with van der Waals surface area (Å²) in [6.45, 7) is 3.92. The highest BCUT2D eigenvalue weighted by Gasteiger charge is 2.24. The van der Waals surface area contributed by atoms with Gasteiger partial charge in [-0.25, -0.2) is 13.1 Å². The third-order valence-electron chi connectivity index (χ3n) is 2.44. The quantitative estimate of drug-likeness (QED) is 0.563. The summed E-state index contributed by atoms with van der Waals surface area (Å²) in [4.78, 5) is 1.01. The van der Waals surface area contributed by atoms with Crippen molar-refractivity contribution in [2.45, 2.75) is 24.3 Å². The van der Waals surface area contributed by atoms with E-state index < -0.39 is 15.6 Å². The fourth-order valence-electron chi connectivity index (χ4n) is 1.70. The molecule has 20 heavy (non-hydrogen) atoms. The van der Waals surface area contributed by atoms with Crippen LogP contribution in [0.3, 0.4) is 0 Å². The minimum Gasteiger partial charge on any atom is -0.399 e. The van der Waals surface area contributed by atoms with E-state index in [4.69, 9.17) is 10.5 Å². The van der Waals surface area contributed by atoms with Crippen LogP contribution in [0.4, 0.5) is 5.69 Å². The van der Waals surface area contributed by atoms with Gasteiger partial charge in [0.25, 0.3) is 0 Å². The molecule has 1 aromatic carbocycles. The minimum atomic E-state index is -3.32. The first-order chi connectivity index (χ1) is 9.24. The number of nitrogens with one attached hydrogen (secondary N) is 1. The van der Waals surface area contributed by atoms with E-state index in [0.29, 0.717) is 18.0 Å². The number of ether oxygens (including phenoxy) is 1. The van der Waals surface area contributed by atoms with Gasteiger partial charge < -0.3 is 10.5 Å². The molecular weight excluding hydrogens is 296 g/mol. The first-order valence-electron chi connectivity index (χ1n) is 6.23. The van der Waals surface area contributed by atoms with E-state index in [9.17, 15) is 8.42 Å². The number of hydrogen-bond acceptors (Lipinski definition) is 5. The molecule has 0 radical (unpaired) electrons. The summed E-state index contributed by atoms with van der Waals surface area (Å²) < 4.78 is 31.6. The monoisotopic (exact) mass is 318 g/mol. The molecule has 114 valence electrons. The predicted molar refractivity (Wildman–Crippen MR) is 84.5 cm³/mol. The van der Waals surface area contributed by atoms with Crippen LogP contribution in [-0.2, 0) is 14.8 Å². The van der Waals surface area contributed by atoms with Crippen molar-refractivity contribution in [2.24, 2.45) is 0 Å². The third-order valence-corrected chi connectivity index (χ3v) is 5.32. The molecule has 1 aromatic rings. The van der Waals surface area contributed by atoms with E-state index in [1.54, 1.807) is 33.1 Å². The van der Waals surface area contributed by atoms with Crippen LogP contribution in [0.5, 0.6) is 0 Å². The van der Waals surface area contributed by atoms with Crippen molar-refractivity contribution < 1.29 is 13.2 Å². The molecule has 0 atom stereocenters. The van der Waals surface area contributed by atoms with Crippen LogP contribution in [-0.4, -0.2) is 39.2 Å². The zero-order valence-electron chi connectivity index (χ0n) is 12.0. The van der Waals surface area contributed by atoms with Crippen LogP contribution in [0, 0.1) is 0 Å². The number of anilines is 1. The lowest BCUT2D eigenvalue weighted by molar-refractivity contribution is 0.141. The van der Waals surface area contributed by atoms with Gasteiger partial charge >= 0.3 is 0 Å². The molecule has 0 aliphatic heterocycles. The normalized spacial score (nSPS) is 12.6. The Bertz CT molecular complexity index is 513. The number of nitrogens with two attached hydrogens (primary N) is 1. The van der Waals surface area contributed by atoms with Gasteiger partial charge in [-0.05, 0) is 38.1 Å². The zero-order valence-corrected chi connectivity index (χ0v) is 13.7. The smallest absolute Gasteiger partial charge is 0.212 e. The van der Waals surface area contributed by atoms with Crippen molar-refractivity contribution in [1.29, 1.82) is 0 Å². The minimum absolute atomic E-state index is 0.0647. The molecule has 0 aliphatic carbocycles. The van der Waals surface area contributed by atoms with Crippen molar-refractivity contribution in [3.8, 4) is 0 Å². The largest absolute Gasteiger partial charge is 0.399 e. The van der Waals surface area contributed by atoms with Gasteiger partial charge in [0.2, 0.25) is 10.0 Å². The summed E-state index contributed by atoms with van der Waals surface area (Å²) in [6, 6.07) is 7.37. The summed E-state index contributed by atoms with van der Waals surface area (Å²) in [6.07, 6.45) is 0. The lowest BCUT2D eigenvalue weighted by Gasteiger charge is -2.24. The van der Waals surface area contributed by atoms with Gasteiger partial charge in [-0.15, -0.1) is 11.8 Å². The molecule has 0 aliphatic rings. The number of methoxy groups -OCH3 is 1. The molecule has 0 unspecified atom stereocenters. The fourth-order valence-corrected chi connectivity index (χ4v) is 4.47. The number of benzene rings is 1. The van der Waals surface area contributed by atoms with E-state index in [0.717, 1.165) is 4.90 Å². The molecule has 0 spiro atoms. The Morgan fingerprint density at radius 1 is 1.30 bits per heavy atom. The molecule has 7 heteroatoms. The Labute approximate surface area is 125 Å². The molecule has 0 heterocycles. The number of nitrogen functional groups attached to an aromatic ring is 1. The maximum atomic E-state index is 12.0. The Hall–Kier alpha value is -0.760. The van der Waals surface area contributed by atoms with Crippen LogP contribution in [0.25, 0.3) is 0 Å². The lowest BCUT2D eigenvalue weighted by Crippen LogP contribution is -2.47. The fraction of sp³-hybridized carbons (Fsp3) is 0.538. The summed E-state index contributed by atoms with van der Waals surface area (Å²) in [5.74, 6) is 0.553. The van der Waals surface area contributed by atoms with E-state index in [-0.39, 0.29) is 5.75 Å². The van der Waals surface area contributed by atoms with Crippen LogP contribution >= 0.6 is 11.8 Å². The molecule has 0 fully saturated rings. The average Bonchev–Trinajstić information content (AvgIpc) is 2.29. The Balaban J connectivity index is 2.45. The van der Waals surface area contributed by atoms with Crippen LogP contribution < -0.4 is 10.5 Å². The first-order valence-corrected chi connectivity index (χ1v) is 8.87. The standard InChI is InChI=1S/C13H22N2O3S2/c1-13(2,10-18-3)15-20(16,17)9-8-19-12-6-4-11(14)5-7-12/h4-7,15H,8-10,14H2,1-3H3. The number of thioether (sulfide) groups is 1. The first kappa shape index (κ1) is 17.3. The zero-order chi connectivity index (χ0) is 15.2. The second kappa shape index (κ2) is 7.31. The van der Waals surface area contributed by atoms with Gasteiger partial charge in [0.1, 0.15) is 0 Å². The number of rotatable bonds is 8. The van der Waals surface area contributed by atoms with Crippen molar-refractivity contribution in [1.82, 2.24) is 4.72 Å². The van der Waals surface area contributed by atoms with Gasteiger partial charge in [-0.2, -0.15) is 0 Å². The summed E-state index contributed by atoms with van der Waals surface area (Å²) in [7, 11) is -1.77. The SMILES string of the molecule is COCC(C)(C)NS(=O)(=O)CCSc1ccc(N)cc1. The molecule has 1 rings (SSSR count). The van der Waals surface area contributed by atoms with E-state index in [2.05, 4.69) is 4.72 Å². The highest BCUT2D eigenvalue weighted by Crippen LogP contribution is 2.19. The number of hydrogen-bond donors (Lipinski definition) is 2. The lowest BCUT2D eigenvalue weighted by atomic mass is 10.1. The van der Waals surface area contributed by atoms with Crippen LogP contribution in [0.2, 0.25) is 0 Å². The maximum absolute atomic E-state index is 12.0. The maximum Gasteiger partial charge on any atom is 0.212 e. The van der Waals surface area contributed by atoms with Crippen molar-refractivity contribution in [2.75, 3.05) is 31.0 Å². The second-order valence-electron chi connectivity index (χ2n) is 5.16. The van der Waals surface area contributed by atoms with Gasteiger partial charge in [-0.3, -0.25) is 0 Å². The highest BCUT2D eigenvalue weighted by atomic mass is 32.2. The van der Waals surface area contributed by atoms with E-state index in [1.807, 2.05) is 12.1 Å². The summed E-state index contributed by atoms with van der Waals surface area (Å²) >= 11 is 1.49. The number of sulfonamides is 1. The van der Waals surface area contributed by atoms with Crippen molar-refractivity contribution in [3.63, 3.8) is 0 Å².